The number of sulfonamides is 1. The molecule has 3 nitrogen and oxygen atoms in total. The Morgan fingerprint density at radius 3 is 2.59 bits per heavy atom. The molecule has 88 valence electrons. The molecule has 0 amide bonds. The molecule has 0 saturated carbocycles. The molecule has 1 heterocycles. The van der Waals surface area contributed by atoms with Gasteiger partial charge >= 0.3 is 0 Å². The van der Waals surface area contributed by atoms with Crippen LogP contribution in [0.4, 0.5) is 0 Å². The van der Waals surface area contributed by atoms with Crippen LogP contribution in [0.25, 0.3) is 0 Å². The highest BCUT2D eigenvalue weighted by Gasteiger charge is 2.33. The SMILES string of the molecule is O=S(=O)(c1ccccc1)N1C=CC2C=CC1C2. The summed E-state index contributed by atoms with van der Waals surface area (Å²) in [7, 11) is -3.40. The van der Waals surface area contributed by atoms with E-state index in [1.807, 2.05) is 18.2 Å². The summed E-state index contributed by atoms with van der Waals surface area (Å²) < 4.78 is 26.3. The maximum atomic E-state index is 12.4. The van der Waals surface area contributed by atoms with Gasteiger partial charge in [0, 0.05) is 6.20 Å². The van der Waals surface area contributed by atoms with E-state index in [0.29, 0.717) is 10.8 Å². The Balaban J connectivity index is 2.02. The lowest BCUT2D eigenvalue weighted by Gasteiger charge is -2.29. The summed E-state index contributed by atoms with van der Waals surface area (Å²) in [5.41, 5.74) is 0. The Morgan fingerprint density at radius 2 is 1.82 bits per heavy atom. The van der Waals surface area contributed by atoms with Crippen LogP contribution in [0.15, 0.2) is 59.7 Å². The first-order chi connectivity index (χ1) is 8.18. The van der Waals surface area contributed by atoms with Crippen LogP contribution in [0.2, 0.25) is 0 Å². The standard InChI is InChI=1S/C13H13NO2S/c15-17(16,13-4-2-1-3-5-13)14-9-8-11-6-7-12(14)10-11/h1-9,11-12H,10H2. The molecule has 0 N–H and O–H groups in total. The van der Waals surface area contributed by atoms with Crippen molar-refractivity contribution in [2.75, 3.05) is 0 Å². The molecule has 0 aromatic heterocycles. The Morgan fingerprint density at radius 1 is 1.06 bits per heavy atom. The van der Waals surface area contributed by atoms with E-state index in [4.69, 9.17) is 0 Å². The van der Waals surface area contributed by atoms with Gasteiger partial charge in [0.25, 0.3) is 10.0 Å². The normalized spacial score (nSPS) is 26.5. The third-order valence-electron chi connectivity index (χ3n) is 3.22. The van der Waals surface area contributed by atoms with E-state index >= 15 is 0 Å². The fraction of sp³-hybridized carbons (Fsp3) is 0.231. The maximum absolute atomic E-state index is 12.4. The first kappa shape index (κ1) is 10.6. The Kier molecular flexibility index (Phi) is 2.33. The van der Waals surface area contributed by atoms with Gasteiger partial charge in [0.1, 0.15) is 0 Å². The van der Waals surface area contributed by atoms with E-state index < -0.39 is 10.0 Å². The van der Waals surface area contributed by atoms with Crippen molar-refractivity contribution in [3.05, 3.63) is 54.8 Å². The quantitative estimate of drug-likeness (QED) is 0.751. The van der Waals surface area contributed by atoms with Gasteiger partial charge in [0.2, 0.25) is 0 Å². The Labute approximate surface area is 101 Å². The van der Waals surface area contributed by atoms with Gasteiger partial charge in [0.15, 0.2) is 0 Å². The number of nitrogens with zero attached hydrogens (tertiary/aromatic N) is 1. The molecule has 0 spiro atoms. The minimum Gasteiger partial charge on any atom is -0.267 e. The summed E-state index contributed by atoms with van der Waals surface area (Å²) >= 11 is 0. The molecule has 3 rings (SSSR count). The van der Waals surface area contributed by atoms with Crippen LogP contribution < -0.4 is 0 Å². The second kappa shape index (κ2) is 3.74. The van der Waals surface area contributed by atoms with E-state index in [2.05, 4.69) is 6.08 Å². The molecule has 0 saturated heterocycles. The molecule has 1 aliphatic carbocycles. The van der Waals surface area contributed by atoms with Gasteiger partial charge in [-0.2, -0.15) is 0 Å². The van der Waals surface area contributed by atoms with Crippen LogP contribution >= 0.6 is 0 Å². The number of benzene rings is 1. The predicted octanol–water partition coefficient (Wildman–Crippen LogP) is 2.15. The second-order valence-corrected chi connectivity index (χ2v) is 6.18. The maximum Gasteiger partial charge on any atom is 0.264 e. The third-order valence-corrected chi connectivity index (χ3v) is 5.04. The van der Waals surface area contributed by atoms with E-state index in [0.717, 1.165) is 6.42 Å². The van der Waals surface area contributed by atoms with E-state index in [-0.39, 0.29) is 6.04 Å². The van der Waals surface area contributed by atoms with Gasteiger partial charge in [0.05, 0.1) is 10.9 Å². The molecular formula is C13H13NO2S. The molecule has 0 radical (unpaired) electrons. The van der Waals surface area contributed by atoms with Gasteiger partial charge in [-0.25, -0.2) is 8.42 Å². The molecule has 1 aliphatic heterocycles. The Hall–Kier alpha value is -1.55. The van der Waals surface area contributed by atoms with Gasteiger partial charge in [-0.05, 0) is 24.5 Å². The number of hydrogen-bond donors (Lipinski definition) is 0. The van der Waals surface area contributed by atoms with Crippen LogP contribution in [0.1, 0.15) is 6.42 Å². The van der Waals surface area contributed by atoms with Crippen LogP contribution in [0.5, 0.6) is 0 Å². The first-order valence-corrected chi connectivity index (χ1v) is 7.07. The minimum absolute atomic E-state index is 0.0183. The summed E-state index contributed by atoms with van der Waals surface area (Å²) in [5, 5.41) is 0. The zero-order valence-electron chi connectivity index (χ0n) is 9.23. The Bertz CT molecular complexity index is 575. The monoisotopic (exact) mass is 247 g/mol. The third kappa shape index (κ3) is 1.69. The largest absolute Gasteiger partial charge is 0.267 e. The van der Waals surface area contributed by atoms with Crippen molar-refractivity contribution >= 4 is 10.0 Å². The molecule has 2 aliphatic rings. The molecule has 4 heteroatoms. The average molecular weight is 247 g/mol. The molecule has 2 bridgehead atoms. The van der Waals surface area contributed by atoms with Crippen molar-refractivity contribution < 1.29 is 8.42 Å². The van der Waals surface area contributed by atoms with Crippen molar-refractivity contribution in [1.82, 2.24) is 4.31 Å². The summed E-state index contributed by atoms with van der Waals surface area (Å²) in [5.74, 6) is 0.405. The summed E-state index contributed by atoms with van der Waals surface area (Å²) in [6.45, 7) is 0. The lowest BCUT2D eigenvalue weighted by molar-refractivity contribution is 0.410. The van der Waals surface area contributed by atoms with Gasteiger partial charge in [-0.15, -0.1) is 0 Å². The summed E-state index contributed by atoms with van der Waals surface area (Å²) in [4.78, 5) is 0.350. The summed E-state index contributed by atoms with van der Waals surface area (Å²) in [6.07, 6.45) is 8.55. The first-order valence-electron chi connectivity index (χ1n) is 5.63. The smallest absolute Gasteiger partial charge is 0.264 e. The second-order valence-electron chi connectivity index (χ2n) is 4.34. The van der Waals surface area contributed by atoms with E-state index in [1.165, 1.54) is 4.31 Å². The fourth-order valence-corrected chi connectivity index (χ4v) is 3.80. The molecule has 1 aromatic rings. The fourth-order valence-electron chi connectivity index (χ4n) is 2.32. The van der Waals surface area contributed by atoms with Crippen molar-refractivity contribution in [2.24, 2.45) is 5.92 Å². The van der Waals surface area contributed by atoms with Crippen molar-refractivity contribution in [3.63, 3.8) is 0 Å². The zero-order valence-corrected chi connectivity index (χ0v) is 10.0. The molecule has 2 atom stereocenters. The minimum atomic E-state index is -3.40. The van der Waals surface area contributed by atoms with Gasteiger partial charge in [-0.1, -0.05) is 36.4 Å². The lowest BCUT2D eigenvalue weighted by Crippen LogP contribution is -2.36. The average Bonchev–Trinajstić information content (AvgIpc) is 2.71. The molecular weight excluding hydrogens is 234 g/mol. The van der Waals surface area contributed by atoms with Gasteiger partial charge in [-0.3, -0.25) is 4.31 Å². The topological polar surface area (TPSA) is 37.4 Å². The zero-order chi connectivity index (χ0) is 11.9. The summed E-state index contributed by atoms with van der Waals surface area (Å²) in [6, 6.07) is 8.55. The molecule has 0 fully saturated rings. The van der Waals surface area contributed by atoms with Crippen LogP contribution in [0, 0.1) is 5.92 Å². The van der Waals surface area contributed by atoms with Gasteiger partial charge < -0.3 is 0 Å². The number of hydrogen-bond acceptors (Lipinski definition) is 2. The van der Waals surface area contributed by atoms with E-state index in [1.54, 1.807) is 30.5 Å². The highest BCUT2D eigenvalue weighted by atomic mass is 32.2. The molecule has 17 heavy (non-hydrogen) atoms. The highest BCUT2D eigenvalue weighted by Crippen LogP contribution is 2.32. The van der Waals surface area contributed by atoms with E-state index in [9.17, 15) is 8.42 Å². The molecule has 2 unspecified atom stereocenters. The van der Waals surface area contributed by atoms with Crippen LogP contribution in [0.3, 0.4) is 0 Å². The van der Waals surface area contributed by atoms with Crippen molar-refractivity contribution in [1.29, 1.82) is 0 Å². The highest BCUT2D eigenvalue weighted by molar-refractivity contribution is 7.89. The van der Waals surface area contributed by atoms with Crippen molar-refractivity contribution in [2.45, 2.75) is 17.4 Å². The predicted molar refractivity (Wildman–Crippen MR) is 65.6 cm³/mol. The lowest BCUT2D eigenvalue weighted by atomic mass is 10.1. The number of fused-ring (bicyclic) bond motifs is 2. The molecule has 1 aromatic carbocycles. The van der Waals surface area contributed by atoms with Crippen LogP contribution in [-0.2, 0) is 10.0 Å². The van der Waals surface area contributed by atoms with Crippen molar-refractivity contribution in [3.8, 4) is 0 Å². The number of allylic oxidation sites excluding steroid dienone is 2. The van der Waals surface area contributed by atoms with Crippen LogP contribution in [-0.4, -0.2) is 18.8 Å². The number of rotatable bonds is 2.